The van der Waals surface area contributed by atoms with Crippen molar-refractivity contribution in [3.63, 3.8) is 0 Å². The van der Waals surface area contributed by atoms with Crippen LogP contribution in [0.25, 0.3) is 0 Å². The van der Waals surface area contributed by atoms with Gasteiger partial charge < -0.3 is 4.90 Å². The third kappa shape index (κ3) is 1.77. The van der Waals surface area contributed by atoms with Crippen molar-refractivity contribution in [2.24, 2.45) is 0 Å². The van der Waals surface area contributed by atoms with Crippen molar-refractivity contribution in [3.8, 4) is 11.8 Å². The van der Waals surface area contributed by atoms with Gasteiger partial charge in [-0.05, 0) is 0 Å². The first-order valence-corrected chi connectivity index (χ1v) is 3.50. The van der Waals surface area contributed by atoms with Gasteiger partial charge in [0, 0.05) is 32.9 Å². The van der Waals surface area contributed by atoms with Crippen LogP contribution in [0.15, 0.2) is 0 Å². The summed E-state index contributed by atoms with van der Waals surface area (Å²) in [7, 11) is 1.83. The van der Waals surface area contributed by atoms with E-state index in [-0.39, 0.29) is 5.91 Å². The maximum Gasteiger partial charge on any atom is 0.223 e. The standard InChI is InChI=1S/C8H11NO/c1-9-7-5-3-2-4-6-8(9)10/h4-7H2,1H3. The third-order valence-electron chi connectivity index (χ3n) is 1.59. The molecule has 1 amide bonds. The highest BCUT2D eigenvalue weighted by Crippen LogP contribution is 1.98. The smallest absolute Gasteiger partial charge is 0.223 e. The lowest BCUT2D eigenvalue weighted by atomic mass is 10.2. The summed E-state index contributed by atoms with van der Waals surface area (Å²) < 4.78 is 0. The first-order valence-electron chi connectivity index (χ1n) is 3.50. The first kappa shape index (κ1) is 7.14. The first-order chi connectivity index (χ1) is 4.80. The Bertz CT molecular complexity index is 187. The lowest BCUT2D eigenvalue weighted by molar-refractivity contribution is -0.129. The van der Waals surface area contributed by atoms with Gasteiger partial charge in [0.1, 0.15) is 0 Å². The van der Waals surface area contributed by atoms with E-state index in [9.17, 15) is 4.79 Å². The molecule has 0 atom stereocenters. The molecule has 0 radical (unpaired) electrons. The minimum atomic E-state index is 0.217. The Labute approximate surface area is 61.2 Å². The molecule has 2 heteroatoms. The predicted molar refractivity (Wildman–Crippen MR) is 39.3 cm³/mol. The number of hydrogen-bond donors (Lipinski definition) is 0. The summed E-state index contributed by atoms with van der Waals surface area (Å²) in [6.07, 6.45) is 2.13. The molecule has 1 aliphatic rings. The molecular weight excluding hydrogens is 126 g/mol. The van der Waals surface area contributed by atoms with E-state index in [0.29, 0.717) is 6.42 Å². The van der Waals surface area contributed by atoms with Crippen molar-refractivity contribution in [2.45, 2.75) is 19.3 Å². The fraction of sp³-hybridized carbons (Fsp3) is 0.625. The van der Waals surface area contributed by atoms with Crippen LogP contribution in [0.2, 0.25) is 0 Å². The summed E-state index contributed by atoms with van der Waals surface area (Å²) >= 11 is 0. The number of hydrogen-bond acceptors (Lipinski definition) is 1. The number of rotatable bonds is 0. The Morgan fingerprint density at radius 3 is 2.90 bits per heavy atom. The van der Waals surface area contributed by atoms with Crippen molar-refractivity contribution in [3.05, 3.63) is 0 Å². The van der Waals surface area contributed by atoms with E-state index in [1.165, 1.54) is 0 Å². The normalized spacial score (nSPS) is 18.9. The number of amides is 1. The van der Waals surface area contributed by atoms with E-state index in [4.69, 9.17) is 0 Å². The van der Waals surface area contributed by atoms with Crippen LogP contribution in [0.4, 0.5) is 0 Å². The average molecular weight is 137 g/mol. The molecule has 1 rings (SSSR count). The Balaban J connectivity index is 2.53. The summed E-state index contributed by atoms with van der Waals surface area (Å²) in [5.74, 6) is 6.15. The summed E-state index contributed by atoms with van der Waals surface area (Å²) in [5.41, 5.74) is 0. The molecule has 0 aromatic rings. The van der Waals surface area contributed by atoms with Gasteiger partial charge in [-0.1, -0.05) is 0 Å². The highest BCUT2D eigenvalue weighted by atomic mass is 16.2. The zero-order valence-electron chi connectivity index (χ0n) is 6.18. The van der Waals surface area contributed by atoms with E-state index < -0.39 is 0 Å². The minimum absolute atomic E-state index is 0.217. The molecule has 0 aliphatic carbocycles. The van der Waals surface area contributed by atoms with Gasteiger partial charge in [0.05, 0.1) is 0 Å². The van der Waals surface area contributed by atoms with Crippen LogP contribution in [-0.2, 0) is 4.79 Å². The highest BCUT2D eigenvalue weighted by Gasteiger charge is 2.07. The van der Waals surface area contributed by atoms with Crippen molar-refractivity contribution in [1.29, 1.82) is 0 Å². The maximum absolute atomic E-state index is 11.0. The average Bonchev–Trinajstić information content (AvgIpc) is 1.92. The molecule has 0 aromatic heterocycles. The molecule has 0 spiro atoms. The lowest BCUT2D eigenvalue weighted by Crippen LogP contribution is -2.27. The fourth-order valence-electron chi connectivity index (χ4n) is 0.885. The van der Waals surface area contributed by atoms with Crippen LogP contribution in [0, 0.1) is 11.8 Å². The predicted octanol–water partition coefficient (Wildman–Crippen LogP) is 0.632. The molecule has 1 aliphatic heterocycles. The van der Waals surface area contributed by atoms with Crippen molar-refractivity contribution >= 4 is 5.91 Å². The van der Waals surface area contributed by atoms with Crippen LogP contribution < -0.4 is 0 Å². The zero-order chi connectivity index (χ0) is 7.40. The van der Waals surface area contributed by atoms with E-state index in [1.807, 2.05) is 7.05 Å². The van der Waals surface area contributed by atoms with Gasteiger partial charge in [0.15, 0.2) is 0 Å². The lowest BCUT2D eigenvalue weighted by Gasteiger charge is -2.15. The molecule has 0 unspecified atom stereocenters. The van der Waals surface area contributed by atoms with E-state index >= 15 is 0 Å². The maximum atomic E-state index is 11.0. The molecule has 1 heterocycles. The summed E-state index contributed by atoms with van der Waals surface area (Å²) in [4.78, 5) is 12.8. The number of carbonyl (C=O) groups is 1. The van der Waals surface area contributed by atoms with Crippen LogP contribution >= 0.6 is 0 Å². The van der Waals surface area contributed by atoms with Crippen LogP contribution in [0.3, 0.4) is 0 Å². The molecule has 0 N–H and O–H groups in total. The largest absolute Gasteiger partial charge is 0.345 e. The molecule has 0 aromatic carbocycles. The molecular formula is C8H11NO. The molecule has 2 nitrogen and oxygen atoms in total. The summed E-state index contributed by atoms with van der Waals surface area (Å²) in [5, 5.41) is 0. The second-order valence-corrected chi connectivity index (χ2v) is 2.42. The van der Waals surface area contributed by atoms with Gasteiger partial charge in [-0.3, -0.25) is 4.79 Å². The number of nitrogens with zero attached hydrogens (tertiary/aromatic N) is 1. The Morgan fingerprint density at radius 1 is 1.40 bits per heavy atom. The SMILES string of the molecule is CN1CCC#CCCC1=O. The van der Waals surface area contributed by atoms with Gasteiger partial charge in [-0.25, -0.2) is 0 Å². The van der Waals surface area contributed by atoms with Gasteiger partial charge in [0.2, 0.25) is 5.91 Å². The monoisotopic (exact) mass is 137 g/mol. The van der Waals surface area contributed by atoms with Crippen molar-refractivity contribution in [2.75, 3.05) is 13.6 Å². The third-order valence-corrected chi connectivity index (χ3v) is 1.59. The topological polar surface area (TPSA) is 20.3 Å². The van der Waals surface area contributed by atoms with Gasteiger partial charge in [0.25, 0.3) is 0 Å². The molecule has 54 valence electrons. The van der Waals surface area contributed by atoms with Crippen molar-refractivity contribution < 1.29 is 4.79 Å². The quantitative estimate of drug-likeness (QED) is 0.448. The van der Waals surface area contributed by atoms with Gasteiger partial charge >= 0.3 is 0 Å². The van der Waals surface area contributed by atoms with Gasteiger partial charge in [-0.2, -0.15) is 0 Å². The zero-order valence-corrected chi connectivity index (χ0v) is 6.18. The van der Waals surface area contributed by atoms with Crippen LogP contribution in [0.1, 0.15) is 19.3 Å². The fourth-order valence-corrected chi connectivity index (χ4v) is 0.885. The molecule has 0 saturated heterocycles. The Hall–Kier alpha value is -0.970. The van der Waals surface area contributed by atoms with Gasteiger partial charge in [-0.15, -0.1) is 11.8 Å². The minimum Gasteiger partial charge on any atom is -0.345 e. The van der Waals surface area contributed by atoms with E-state index in [0.717, 1.165) is 19.4 Å². The number of carbonyl (C=O) groups excluding carboxylic acids is 1. The molecule has 0 fully saturated rings. The molecule has 0 saturated carbocycles. The highest BCUT2D eigenvalue weighted by molar-refractivity contribution is 5.76. The van der Waals surface area contributed by atoms with E-state index in [2.05, 4.69) is 11.8 Å². The molecule has 0 bridgehead atoms. The van der Waals surface area contributed by atoms with E-state index in [1.54, 1.807) is 4.90 Å². The summed E-state index contributed by atoms with van der Waals surface area (Å²) in [6, 6.07) is 0. The van der Waals surface area contributed by atoms with Crippen LogP contribution in [-0.4, -0.2) is 24.4 Å². The van der Waals surface area contributed by atoms with Crippen molar-refractivity contribution in [1.82, 2.24) is 4.90 Å². The Morgan fingerprint density at radius 2 is 2.10 bits per heavy atom. The van der Waals surface area contributed by atoms with Crippen LogP contribution in [0.5, 0.6) is 0 Å². The molecule has 10 heavy (non-hydrogen) atoms. The Kier molecular flexibility index (Phi) is 2.33. The second-order valence-electron chi connectivity index (χ2n) is 2.42. The summed E-state index contributed by atoms with van der Waals surface area (Å²) in [6.45, 7) is 0.784. The second kappa shape index (κ2) is 3.26.